The molecule has 0 spiro atoms. The Morgan fingerprint density at radius 1 is 1.36 bits per heavy atom. The first-order chi connectivity index (χ1) is 10.7. The minimum absolute atomic E-state index is 0.0206. The number of hydrogen-bond acceptors (Lipinski definition) is 6. The lowest BCUT2D eigenvalue weighted by molar-refractivity contribution is 0.111. The van der Waals surface area contributed by atoms with Crippen LogP contribution in [-0.4, -0.2) is 34.5 Å². The number of nitrogens with zero attached hydrogens (tertiary/aromatic N) is 3. The van der Waals surface area contributed by atoms with Gasteiger partial charge in [-0.1, -0.05) is 31.1 Å². The summed E-state index contributed by atoms with van der Waals surface area (Å²) in [5, 5.41) is 13.4. The Labute approximate surface area is 129 Å². The first kappa shape index (κ1) is 14.8. The van der Waals surface area contributed by atoms with E-state index in [9.17, 15) is 5.11 Å². The lowest BCUT2D eigenvalue weighted by Gasteiger charge is -2.34. The van der Waals surface area contributed by atoms with Crippen molar-refractivity contribution in [1.29, 1.82) is 0 Å². The van der Waals surface area contributed by atoms with Crippen LogP contribution in [0, 0.1) is 5.92 Å². The number of hydrogen-bond donors (Lipinski definition) is 1. The molecule has 2 aromatic rings. The van der Waals surface area contributed by atoms with Crippen LogP contribution in [0.2, 0.25) is 0 Å². The molecule has 1 N–H and O–H groups in total. The molecule has 1 atom stereocenters. The molecule has 1 aliphatic rings. The number of ether oxygens (including phenoxy) is 1. The SMILES string of the molecule is CC(C)Cc1noc(CN2CC(CO)Oc3ccccc32)n1. The van der Waals surface area contributed by atoms with Crippen LogP contribution in [0.15, 0.2) is 28.8 Å². The standard InChI is InChI=1S/C16H21N3O3/c1-11(2)7-15-17-16(22-18-15)9-19-8-12(10-20)21-14-6-4-3-5-13(14)19/h3-6,11-12,20H,7-10H2,1-2H3. The Morgan fingerprint density at radius 3 is 2.95 bits per heavy atom. The van der Waals surface area contributed by atoms with Crippen molar-refractivity contribution in [1.82, 2.24) is 10.1 Å². The summed E-state index contributed by atoms with van der Waals surface area (Å²) in [4.78, 5) is 6.55. The van der Waals surface area contributed by atoms with Crippen molar-refractivity contribution in [2.24, 2.45) is 5.92 Å². The Balaban J connectivity index is 1.77. The Kier molecular flexibility index (Phi) is 4.29. The molecule has 22 heavy (non-hydrogen) atoms. The van der Waals surface area contributed by atoms with Gasteiger partial charge in [-0.3, -0.25) is 0 Å². The van der Waals surface area contributed by atoms with Crippen molar-refractivity contribution < 1.29 is 14.4 Å². The van der Waals surface area contributed by atoms with Gasteiger partial charge in [0.05, 0.1) is 25.4 Å². The number of benzene rings is 1. The van der Waals surface area contributed by atoms with Gasteiger partial charge in [0, 0.05) is 6.42 Å². The van der Waals surface area contributed by atoms with Gasteiger partial charge < -0.3 is 19.3 Å². The van der Waals surface area contributed by atoms with Gasteiger partial charge in [0.1, 0.15) is 11.9 Å². The van der Waals surface area contributed by atoms with Crippen molar-refractivity contribution in [3.8, 4) is 5.75 Å². The maximum atomic E-state index is 9.40. The normalized spacial score (nSPS) is 17.5. The smallest absolute Gasteiger partial charge is 0.246 e. The molecule has 1 aromatic heterocycles. The van der Waals surface area contributed by atoms with E-state index in [2.05, 4.69) is 28.9 Å². The average molecular weight is 303 g/mol. The second kappa shape index (κ2) is 6.36. The quantitative estimate of drug-likeness (QED) is 0.911. The van der Waals surface area contributed by atoms with Crippen LogP contribution in [0.25, 0.3) is 0 Å². The van der Waals surface area contributed by atoms with Crippen LogP contribution in [0.4, 0.5) is 5.69 Å². The number of anilines is 1. The van der Waals surface area contributed by atoms with E-state index in [1.807, 2.05) is 24.3 Å². The van der Waals surface area contributed by atoms with Gasteiger partial charge in [-0.2, -0.15) is 4.98 Å². The molecule has 0 aliphatic carbocycles. The molecule has 0 saturated heterocycles. The van der Waals surface area contributed by atoms with Crippen molar-refractivity contribution in [2.75, 3.05) is 18.1 Å². The molecule has 6 heteroatoms. The van der Waals surface area contributed by atoms with Crippen LogP contribution in [0.1, 0.15) is 25.6 Å². The third-order valence-electron chi connectivity index (χ3n) is 3.55. The zero-order valence-electron chi connectivity index (χ0n) is 12.9. The van der Waals surface area contributed by atoms with Crippen LogP contribution >= 0.6 is 0 Å². The van der Waals surface area contributed by atoms with Gasteiger partial charge in [-0.15, -0.1) is 0 Å². The van der Waals surface area contributed by atoms with Crippen molar-refractivity contribution in [3.05, 3.63) is 36.0 Å². The summed E-state index contributed by atoms with van der Waals surface area (Å²) in [5.74, 6) is 2.59. The third kappa shape index (κ3) is 3.22. The van der Waals surface area contributed by atoms with Crippen molar-refractivity contribution >= 4 is 5.69 Å². The average Bonchev–Trinajstić information content (AvgIpc) is 2.93. The van der Waals surface area contributed by atoms with Gasteiger partial charge in [0.15, 0.2) is 5.82 Å². The Hall–Kier alpha value is -2.08. The predicted octanol–water partition coefficient (Wildman–Crippen LogP) is 2.03. The fraction of sp³-hybridized carbons (Fsp3) is 0.500. The highest BCUT2D eigenvalue weighted by molar-refractivity contribution is 5.60. The maximum Gasteiger partial charge on any atom is 0.246 e. The van der Waals surface area contributed by atoms with Gasteiger partial charge in [-0.25, -0.2) is 0 Å². The molecule has 1 aromatic carbocycles. The fourth-order valence-corrected chi connectivity index (χ4v) is 2.59. The van der Waals surface area contributed by atoms with Crippen molar-refractivity contribution in [3.63, 3.8) is 0 Å². The van der Waals surface area contributed by atoms with E-state index in [0.717, 1.165) is 23.7 Å². The molecule has 1 aliphatic heterocycles. The number of rotatable bonds is 5. The molecule has 118 valence electrons. The maximum absolute atomic E-state index is 9.40. The van der Waals surface area contributed by atoms with E-state index in [-0.39, 0.29) is 12.7 Å². The summed E-state index contributed by atoms with van der Waals surface area (Å²) >= 11 is 0. The second-order valence-electron chi connectivity index (χ2n) is 5.97. The van der Waals surface area contributed by atoms with E-state index in [1.165, 1.54) is 0 Å². The summed E-state index contributed by atoms with van der Waals surface area (Å²) < 4.78 is 11.1. The number of fused-ring (bicyclic) bond motifs is 1. The van der Waals surface area contributed by atoms with E-state index >= 15 is 0 Å². The highest BCUT2D eigenvalue weighted by Crippen LogP contribution is 2.33. The molecule has 2 heterocycles. The molecule has 0 fully saturated rings. The lowest BCUT2D eigenvalue weighted by Crippen LogP contribution is -2.41. The number of para-hydroxylation sites is 2. The molecule has 0 amide bonds. The molecule has 0 saturated carbocycles. The van der Waals surface area contributed by atoms with E-state index in [0.29, 0.717) is 24.9 Å². The topological polar surface area (TPSA) is 71.6 Å². The van der Waals surface area contributed by atoms with Crippen LogP contribution < -0.4 is 9.64 Å². The summed E-state index contributed by atoms with van der Waals surface area (Å²) in [6, 6.07) is 7.78. The van der Waals surface area contributed by atoms with E-state index in [1.54, 1.807) is 0 Å². The van der Waals surface area contributed by atoms with Crippen LogP contribution in [-0.2, 0) is 13.0 Å². The summed E-state index contributed by atoms with van der Waals surface area (Å²) in [7, 11) is 0. The van der Waals surface area contributed by atoms with Crippen LogP contribution in [0.5, 0.6) is 5.75 Å². The number of aliphatic hydroxyl groups excluding tert-OH is 1. The Morgan fingerprint density at radius 2 is 2.18 bits per heavy atom. The molecular weight excluding hydrogens is 282 g/mol. The highest BCUT2D eigenvalue weighted by Gasteiger charge is 2.26. The predicted molar refractivity (Wildman–Crippen MR) is 81.8 cm³/mol. The van der Waals surface area contributed by atoms with E-state index < -0.39 is 0 Å². The fourth-order valence-electron chi connectivity index (χ4n) is 2.59. The molecular formula is C16H21N3O3. The van der Waals surface area contributed by atoms with Crippen molar-refractivity contribution in [2.45, 2.75) is 32.9 Å². The highest BCUT2D eigenvalue weighted by atomic mass is 16.5. The Bertz CT molecular complexity index is 627. The summed E-state index contributed by atoms with van der Waals surface area (Å²) in [5.41, 5.74) is 0.982. The summed E-state index contributed by atoms with van der Waals surface area (Å²) in [6.45, 7) is 5.34. The van der Waals surface area contributed by atoms with E-state index in [4.69, 9.17) is 9.26 Å². The molecule has 1 unspecified atom stereocenters. The minimum atomic E-state index is -0.243. The number of aliphatic hydroxyl groups is 1. The van der Waals surface area contributed by atoms with Gasteiger partial charge >= 0.3 is 0 Å². The molecule has 0 radical (unpaired) electrons. The molecule has 6 nitrogen and oxygen atoms in total. The summed E-state index contributed by atoms with van der Waals surface area (Å²) in [6.07, 6.45) is 0.565. The lowest BCUT2D eigenvalue weighted by atomic mass is 10.1. The first-order valence-electron chi connectivity index (χ1n) is 7.58. The molecule has 3 rings (SSSR count). The largest absolute Gasteiger partial charge is 0.484 e. The number of aromatic nitrogens is 2. The third-order valence-corrected chi connectivity index (χ3v) is 3.55. The van der Waals surface area contributed by atoms with Gasteiger partial charge in [0.25, 0.3) is 0 Å². The van der Waals surface area contributed by atoms with Gasteiger partial charge in [0.2, 0.25) is 5.89 Å². The first-order valence-corrected chi connectivity index (χ1v) is 7.58. The second-order valence-corrected chi connectivity index (χ2v) is 5.97. The minimum Gasteiger partial charge on any atom is -0.484 e. The van der Waals surface area contributed by atoms with Crippen LogP contribution in [0.3, 0.4) is 0 Å². The van der Waals surface area contributed by atoms with Gasteiger partial charge in [-0.05, 0) is 18.1 Å². The monoisotopic (exact) mass is 303 g/mol. The molecule has 0 bridgehead atoms. The zero-order valence-corrected chi connectivity index (χ0v) is 12.9. The zero-order chi connectivity index (χ0) is 15.5.